The molecule has 0 saturated carbocycles. The standard InChI is InChI=1S/C10H15Cl2NO4/c1-6-5-13(9(3,4)16-6)8(15)10(11,12)17-7(2)14/h6H,5H2,1-4H3. The van der Waals surface area contributed by atoms with Gasteiger partial charge in [0.05, 0.1) is 6.10 Å². The maximum absolute atomic E-state index is 12.1. The second-order valence-corrected chi connectivity index (χ2v) is 5.66. The lowest BCUT2D eigenvalue weighted by molar-refractivity contribution is -0.164. The van der Waals surface area contributed by atoms with E-state index in [-0.39, 0.29) is 6.10 Å². The molecule has 1 fully saturated rings. The van der Waals surface area contributed by atoms with Gasteiger partial charge in [0.25, 0.3) is 0 Å². The number of ether oxygens (including phenoxy) is 2. The maximum Gasteiger partial charge on any atom is 0.341 e. The molecule has 0 bridgehead atoms. The number of rotatable bonds is 2. The van der Waals surface area contributed by atoms with Crippen LogP contribution >= 0.6 is 23.2 Å². The van der Waals surface area contributed by atoms with Gasteiger partial charge in [-0.2, -0.15) is 0 Å². The Morgan fingerprint density at radius 2 is 2.00 bits per heavy atom. The molecule has 1 atom stereocenters. The summed E-state index contributed by atoms with van der Waals surface area (Å²) in [6.45, 7) is 6.72. The number of halogens is 2. The molecule has 0 aromatic carbocycles. The first-order valence-electron chi connectivity index (χ1n) is 5.13. The zero-order valence-electron chi connectivity index (χ0n) is 10.1. The van der Waals surface area contributed by atoms with Gasteiger partial charge in [-0.1, -0.05) is 0 Å². The molecule has 17 heavy (non-hydrogen) atoms. The van der Waals surface area contributed by atoms with E-state index in [2.05, 4.69) is 4.74 Å². The number of carbonyl (C=O) groups is 2. The highest BCUT2D eigenvalue weighted by Gasteiger charge is 2.49. The lowest BCUT2D eigenvalue weighted by Gasteiger charge is -2.33. The predicted octanol–water partition coefficient (Wildman–Crippen LogP) is 1.66. The molecule has 0 aromatic rings. The molecule has 1 aliphatic rings. The number of hydrogen-bond acceptors (Lipinski definition) is 4. The molecule has 1 aliphatic heterocycles. The van der Waals surface area contributed by atoms with Crippen LogP contribution in [0.4, 0.5) is 0 Å². The van der Waals surface area contributed by atoms with E-state index in [1.807, 2.05) is 6.92 Å². The fourth-order valence-corrected chi connectivity index (χ4v) is 2.20. The number of nitrogens with zero attached hydrogens (tertiary/aromatic N) is 1. The summed E-state index contributed by atoms with van der Waals surface area (Å²) in [4.78, 5) is 24.2. The lowest BCUT2D eigenvalue weighted by atomic mass is 10.2. The molecule has 0 radical (unpaired) electrons. The SMILES string of the molecule is CC(=O)OC(Cl)(Cl)C(=O)N1CC(C)OC1(C)C. The predicted molar refractivity (Wildman–Crippen MR) is 62.5 cm³/mol. The molecule has 5 nitrogen and oxygen atoms in total. The van der Waals surface area contributed by atoms with Crippen LogP contribution in [-0.2, 0) is 19.1 Å². The molecule has 1 heterocycles. The van der Waals surface area contributed by atoms with Crippen molar-refractivity contribution < 1.29 is 19.1 Å². The molecule has 7 heteroatoms. The number of esters is 1. The van der Waals surface area contributed by atoms with Crippen molar-refractivity contribution in [2.75, 3.05) is 6.54 Å². The minimum Gasteiger partial charge on any atom is -0.419 e. The summed E-state index contributed by atoms with van der Waals surface area (Å²) < 4.78 is 7.90. The van der Waals surface area contributed by atoms with Crippen LogP contribution in [0.1, 0.15) is 27.7 Å². The van der Waals surface area contributed by atoms with Gasteiger partial charge in [-0.15, -0.1) is 0 Å². The highest BCUT2D eigenvalue weighted by molar-refractivity contribution is 6.57. The Morgan fingerprint density at radius 3 is 2.35 bits per heavy atom. The van der Waals surface area contributed by atoms with Crippen LogP contribution in [0.25, 0.3) is 0 Å². The van der Waals surface area contributed by atoms with Gasteiger partial charge in [-0.05, 0) is 44.0 Å². The summed E-state index contributed by atoms with van der Waals surface area (Å²) in [5, 5.41) is 0. The monoisotopic (exact) mass is 283 g/mol. The number of amides is 1. The molecule has 1 rings (SSSR count). The van der Waals surface area contributed by atoms with E-state index < -0.39 is 22.1 Å². The van der Waals surface area contributed by atoms with E-state index in [4.69, 9.17) is 27.9 Å². The third-order valence-corrected chi connectivity index (χ3v) is 2.82. The Balaban J connectivity index is 2.86. The van der Waals surface area contributed by atoms with Gasteiger partial charge in [-0.25, -0.2) is 0 Å². The first kappa shape index (κ1) is 14.5. The normalized spacial score (nSPS) is 23.6. The Bertz CT molecular complexity index is 343. The molecule has 0 N–H and O–H groups in total. The fourth-order valence-electron chi connectivity index (χ4n) is 1.78. The van der Waals surface area contributed by atoms with E-state index >= 15 is 0 Å². The van der Waals surface area contributed by atoms with Gasteiger partial charge in [-0.3, -0.25) is 9.59 Å². The second-order valence-electron chi connectivity index (χ2n) is 4.40. The third-order valence-electron chi connectivity index (χ3n) is 2.35. The van der Waals surface area contributed by atoms with Crippen molar-refractivity contribution in [1.82, 2.24) is 4.90 Å². The van der Waals surface area contributed by atoms with Crippen LogP contribution in [0.3, 0.4) is 0 Å². The molecule has 1 amide bonds. The first-order chi connectivity index (χ1) is 7.56. The average molecular weight is 284 g/mol. The molecule has 1 saturated heterocycles. The number of hydrogen-bond donors (Lipinski definition) is 0. The van der Waals surface area contributed by atoms with E-state index in [9.17, 15) is 9.59 Å². The topological polar surface area (TPSA) is 55.8 Å². The van der Waals surface area contributed by atoms with Crippen molar-refractivity contribution in [3.63, 3.8) is 0 Å². The minimum atomic E-state index is -2.21. The number of carbonyl (C=O) groups excluding carboxylic acids is 2. The Kier molecular flexibility index (Phi) is 3.96. The Hall–Kier alpha value is -0.520. The van der Waals surface area contributed by atoms with E-state index in [1.165, 1.54) is 4.90 Å². The molecule has 0 aromatic heterocycles. The first-order valence-corrected chi connectivity index (χ1v) is 5.89. The maximum atomic E-state index is 12.1. The van der Waals surface area contributed by atoms with E-state index in [0.29, 0.717) is 6.54 Å². The quantitative estimate of drug-likeness (QED) is 0.571. The zero-order valence-corrected chi connectivity index (χ0v) is 11.6. The summed E-state index contributed by atoms with van der Waals surface area (Å²) in [6.07, 6.45) is -0.129. The third kappa shape index (κ3) is 3.24. The van der Waals surface area contributed by atoms with Crippen LogP contribution in [0.5, 0.6) is 0 Å². The van der Waals surface area contributed by atoms with Gasteiger partial charge < -0.3 is 14.4 Å². The Morgan fingerprint density at radius 1 is 1.47 bits per heavy atom. The van der Waals surface area contributed by atoms with Gasteiger partial charge in [0.1, 0.15) is 5.72 Å². The summed E-state index contributed by atoms with van der Waals surface area (Å²) >= 11 is 11.4. The van der Waals surface area contributed by atoms with Crippen LogP contribution in [0.2, 0.25) is 0 Å². The minimum absolute atomic E-state index is 0.129. The molecular weight excluding hydrogens is 269 g/mol. The van der Waals surface area contributed by atoms with Crippen LogP contribution in [0.15, 0.2) is 0 Å². The van der Waals surface area contributed by atoms with E-state index in [0.717, 1.165) is 6.92 Å². The van der Waals surface area contributed by atoms with Gasteiger partial charge in [0.2, 0.25) is 0 Å². The zero-order chi connectivity index (χ0) is 13.4. The van der Waals surface area contributed by atoms with Crippen LogP contribution < -0.4 is 0 Å². The van der Waals surface area contributed by atoms with Crippen molar-refractivity contribution in [2.24, 2.45) is 0 Å². The van der Waals surface area contributed by atoms with Crippen molar-refractivity contribution in [3.8, 4) is 0 Å². The fraction of sp³-hybridized carbons (Fsp3) is 0.800. The second kappa shape index (κ2) is 4.63. The number of alkyl halides is 2. The molecule has 1 unspecified atom stereocenters. The van der Waals surface area contributed by atoms with E-state index in [1.54, 1.807) is 13.8 Å². The van der Waals surface area contributed by atoms with Crippen LogP contribution in [0, 0.1) is 0 Å². The summed E-state index contributed by atoms with van der Waals surface area (Å²) in [6, 6.07) is 0. The van der Waals surface area contributed by atoms with Gasteiger partial charge in [0.15, 0.2) is 0 Å². The summed E-state index contributed by atoms with van der Waals surface area (Å²) in [5.74, 6) is -1.43. The average Bonchev–Trinajstić information content (AvgIpc) is 2.35. The molecule has 0 spiro atoms. The molecule has 98 valence electrons. The van der Waals surface area contributed by atoms with Crippen molar-refractivity contribution in [2.45, 2.75) is 44.0 Å². The lowest BCUT2D eigenvalue weighted by Crippen LogP contribution is -2.51. The highest BCUT2D eigenvalue weighted by atomic mass is 35.5. The smallest absolute Gasteiger partial charge is 0.341 e. The van der Waals surface area contributed by atoms with Crippen molar-refractivity contribution in [3.05, 3.63) is 0 Å². The molecule has 0 aliphatic carbocycles. The van der Waals surface area contributed by atoms with Crippen molar-refractivity contribution >= 4 is 35.1 Å². The highest BCUT2D eigenvalue weighted by Crippen LogP contribution is 2.33. The van der Waals surface area contributed by atoms with Gasteiger partial charge in [0, 0.05) is 13.5 Å². The summed E-state index contributed by atoms with van der Waals surface area (Å²) in [7, 11) is 0. The Labute approximate surface area is 110 Å². The summed E-state index contributed by atoms with van der Waals surface area (Å²) in [5.41, 5.74) is -0.828. The van der Waals surface area contributed by atoms with Crippen molar-refractivity contribution in [1.29, 1.82) is 0 Å². The molecular formula is C10H15Cl2NO4. The largest absolute Gasteiger partial charge is 0.419 e. The van der Waals surface area contributed by atoms with Gasteiger partial charge >= 0.3 is 16.4 Å². The van der Waals surface area contributed by atoms with Crippen LogP contribution in [-0.4, -0.2) is 39.7 Å².